The molecule has 0 spiro atoms. The maximum atomic E-state index is 8.08. The Balaban J connectivity index is -0.000000720. The minimum absolute atomic E-state index is 0. The Morgan fingerprint density at radius 2 is 1.93 bits per heavy atom. The van der Waals surface area contributed by atoms with Crippen molar-refractivity contribution < 1.29 is 71.8 Å². The summed E-state index contributed by atoms with van der Waals surface area (Å²) < 4.78 is 8.35. The summed E-state index contributed by atoms with van der Waals surface area (Å²) in [6.07, 6.45) is 2.36. The third kappa shape index (κ3) is 9.24. The fourth-order valence-electron chi connectivity index (χ4n) is 0.315. The molecule has 14 heavy (non-hydrogen) atoms. The Kier molecular flexibility index (Phi) is 14.3. The molecule has 1 atom stereocenters. The molecule has 6 nitrogen and oxygen atoms in total. The van der Waals surface area contributed by atoms with Crippen LogP contribution in [0.5, 0.6) is 0 Å². The number of rotatable bonds is 6. The van der Waals surface area contributed by atoms with Gasteiger partial charge in [-0.05, 0) is 6.92 Å². The fourth-order valence-corrected chi connectivity index (χ4v) is 0.423. The summed E-state index contributed by atoms with van der Waals surface area (Å²) in [5.41, 5.74) is 0. The molecule has 0 rings (SSSR count). The molecule has 0 aromatic heterocycles. The van der Waals surface area contributed by atoms with Crippen LogP contribution in [0.3, 0.4) is 0 Å². The maximum absolute atomic E-state index is 8.08. The molecule has 0 radical (unpaired) electrons. The van der Waals surface area contributed by atoms with E-state index in [0.29, 0.717) is 5.33 Å². The van der Waals surface area contributed by atoms with Gasteiger partial charge in [-0.25, -0.2) is 9.69 Å². The van der Waals surface area contributed by atoms with E-state index in [1.165, 1.54) is 12.5 Å². The van der Waals surface area contributed by atoms with Crippen LogP contribution in [0.25, 0.3) is 0 Å². The molecule has 0 saturated heterocycles. The maximum Gasteiger partial charge on any atom is 1.00 e. The standard InChI is InChI=1S/C5H6BBrN2O4.K.H/c1-5(2-7)12-13-6(10-3-8)11-4-9;;/h5H,2H2,1H3;;/q;+1;-1. The van der Waals surface area contributed by atoms with Gasteiger partial charge in [-0.2, -0.15) is 10.5 Å². The molecular weight excluding hydrogens is 282 g/mol. The summed E-state index contributed by atoms with van der Waals surface area (Å²) in [5, 5.41) is 16.7. The smallest absolute Gasteiger partial charge is 1.00 e. The zero-order chi connectivity index (χ0) is 10.1. The molecule has 0 aromatic carbocycles. The van der Waals surface area contributed by atoms with Gasteiger partial charge in [0.2, 0.25) is 0 Å². The quantitative estimate of drug-likeness (QED) is 0.182. The van der Waals surface area contributed by atoms with Crippen LogP contribution >= 0.6 is 15.9 Å². The molecule has 0 amide bonds. The average Bonchev–Trinajstić information content (AvgIpc) is 2.14. The topological polar surface area (TPSA) is 84.5 Å². The first-order valence-corrected chi connectivity index (χ1v) is 4.34. The van der Waals surface area contributed by atoms with Crippen LogP contribution in [-0.2, 0) is 19.0 Å². The van der Waals surface area contributed by atoms with Gasteiger partial charge >= 0.3 is 58.7 Å². The first-order chi connectivity index (χ1) is 6.24. The van der Waals surface area contributed by atoms with Crippen molar-refractivity contribution in [1.82, 2.24) is 0 Å². The number of halogens is 1. The zero-order valence-corrected chi connectivity index (χ0v) is 12.5. The summed E-state index contributed by atoms with van der Waals surface area (Å²) in [4.78, 5) is 9.12. The van der Waals surface area contributed by atoms with Gasteiger partial charge in [0.15, 0.2) is 0 Å². The van der Waals surface area contributed by atoms with Crippen molar-refractivity contribution in [2.45, 2.75) is 13.0 Å². The van der Waals surface area contributed by atoms with E-state index in [-0.39, 0.29) is 58.9 Å². The molecule has 0 bridgehead atoms. The van der Waals surface area contributed by atoms with Crippen molar-refractivity contribution in [2.75, 3.05) is 5.33 Å². The van der Waals surface area contributed by atoms with E-state index in [1.807, 2.05) is 0 Å². The molecule has 0 saturated carbocycles. The van der Waals surface area contributed by atoms with Crippen molar-refractivity contribution in [1.29, 1.82) is 10.5 Å². The Morgan fingerprint density at radius 1 is 1.43 bits per heavy atom. The summed E-state index contributed by atoms with van der Waals surface area (Å²) in [6, 6.07) is 0. The van der Waals surface area contributed by atoms with E-state index in [4.69, 9.17) is 10.5 Å². The number of hydrogen-bond donors (Lipinski definition) is 0. The van der Waals surface area contributed by atoms with Gasteiger partial charge in [0.05, 0.1) is 6.10 Å². The number of hydrogen-bond acceptors (Lipinski definition) is 6. The van der Waals surface area contributed by atoms with Crippen molar-refractivity contribution in [3.8, 4) is 12.5 Å². The minimum Gasteiger partial charge on any atom is -1.00 e. The second kappa shape index (κ2) is 11.8. The van der Waals surface area contributed by atoms with Gasteiger partial charge in [-0.15, -0.1) is 0 Å². The van der Waals surface area contributed by atoms with Gasteiger partial charge in [0.1, 0.15) is 0 Å². The molecule has 0 heterocycles. The van der Waals surface area contributed by atoms with Gasteiger partial charge in [-0.1, -0.05) is 15.9 Å². The van der Waals surface area contributed by atoms with Crippen LogP contribution in [0, 0.1) is 23.0 Å². The number of nitrogens with zero attached hydrogens (tertiary/aromatic N) is 2. The minimum atomic E-state index is -1.45. The van der Waals surface area contributed by atoms with E-state index < -0.39 is 7.32 Å². The molecule has 9 heteroatoms. The van der Waals surface area contributed by atoms with Crippen LogP contribution in [0.4, 0.5) is 0 Å². The summed E-state index contributed by atoms with van der Waals surface area (Å²) in [7, 11) is -1.45. The van der Waals surface area contributed by atoms with Crippen LogP contribution < -0.4 is 51.4 Å². The molecule has 0 aromatic rings. The van der Waals surface area contributed by atoms with Crippen LogP contribution in [0.15, 0.2) is 0 Å². The summed E-state index contributed by atoms with van der Waals surface area (Å²) in [5.74, 6) is 0. The first kappa shape index (κ1) is 17.1. The summed E-state index contributed by atoms with van der Waals surface area (Å²) >= 11 is 3.13. The zero-order valence-electron chi connectivity index (χ0n) is 8.77. The Labute approximate surface area is 135 Å². The van der Waals surface area contributed by atoms with Gasteiger partial charge in [-0.3, -0.25) is 0 Å². The largest absolute Gasteiger partial charge is 1.00 e. The summed E-state index contributed by atoms with van der Waals surface area (Å²) in [6.45, 7) is 1.71. The molecule has 72 valence electrons. The molecule has 0 aliphatic carbocycles. The fraction of sp³-hybridized carbons (Fsp3) is 0.600. The third-order valence-electron chi connectivity index (χ3n) is 0.814. The molecule has 0 aliphatic heterocycles. The Hall–Kier alpha value is 0.681. The van der Waals surface area contributed by atoms with Crippen LogP contribution in [-0.4, -0.2) is 18.8 Å². The van der Waals surface area contributed by atoms with E-state index >= 15 is 0 Å². The second-order valence-electron chi connectivity index (χ2n) is 1.86. The monoisotopic (exact) mass is 288 g/mol. The van der Waals surface area contributed by atoms with Crippen molar-refractivity contribution in [3.63, 3.8) is 0 Å². The van der Waals surface area contributed by atoms with E-state index in [9.17, 15) is 0 Å². The van der Waals surface area contributed by atoms with Gasteiger partial charge < -0.3 is 10.7 Å². The van der Waals surface area contributed by atoms with Gasteiger partial charge in [0.25, 0.3) is 12.5 Å². The van der Waals surface area contributed by atoms with Gasteiger partial charge in [0, 0.05) is 5.33 Å². The normalized spacial score (nSPS) is 10.0. The van der Waals surface area contributed by atoms with Crippen molar-refractivity contribution in [2.24, 2.45) is 0 Å². The SMILES string of the molecule is CC(CBr)OOB(OC#N)OC#N.[H-].[K+]. The van der Waals surface area contributed by atoms with E-state index in [1.54, 1.807) is 6.92 Å². The number of nitriles is 2. The predicted octanol–water partition coefficient (Wildman–Crippen LogP) is -2.19. The first-order valence-electron chi connectivity index (χ1n) is 3.22. The van der Waals surface area contributed by atoms with Crippen LogP contribution in [0.2, 0.25) is 0 Å². The average molecular weight is 289 g/mol. The van der Waals surface area contributed by atoms with Crippen LogP contribution in [0.1, 0.15) is 8.35 Å². The Bertz CT molecular complexity index is 210. The Morgan fingerprint density at radius 3 is 2.29 bits per heavy atom. The van der Waals surface area contributed by atoms with E-state index in [2.05, 4.69) is 34.9 Å². The van der Waals surface area contributed by atoms with E-state index in [0.717, 1.165) is 0 Å². The molecule has 0 N–H and O–H groups in total. The predicted molar refractivity (Wildman–Crippen MR) is 45.7 cm³/mol. The molecule has 0 fully saturated rings. The van der Waals surface area contributed by atoms with Crippen molar-refractivity contribution >= 4 is 23.3 Å². The third-order valence-corrected chi connectivity index (χ3v) is 1.73. The second-order valence-corrected chi connectivity index (χ2v) is 2.51. The molecule has 0 aliphatic rings. The molecular formula is C5H7BBrKN2O4. The number of alkyl halides is 1. The van der Waals surface area contributed by atoms with Crippen molar-refractivity contribution in [3.05, 3.63) is 0 Å². The molecule has 1 unspecified atom stereocenters.